The summed E-state index contributed by atoms with van der Waals surface area (Å²) in [5.41, 5.74) is 1.48. The zero-order valence-electron chi connectivity index (χ0n) is 10.9. The highest BCUT2D eigenvalue weighted by molar-refractivity contribution is 7.10. The van der Waals surface area contributed by atoms with Crippen molar-refractivity contribution in [2.24, 2.45) is 0 Å². The van der Waals surface area contributed by atoms with Crippen molar-refractivity contribution in [2.45, 2.75) is 6.54 Å². The van der Waals surface area contributed by atoms with E-state index in [-0.39, 0.29) is 11.7 Å². The first-order valence-electron chi connectivity index (χ1n) is 6.25. The van der Waals surface area contributed by atoms with Gasteiger partial charge in [0, 0.05) is 10.4 Å². The molecule has 1 aromatic carbocycles. The van der Waals surface area contributed by atoms with Gasteiger partial charge in [-0.3, -0.25) is 4.79 Å². The summed E-state index contributed by atoms with van der Waals surface area (Å²) < 4.78 is 17.1. The third kappa shape index (κ3) is 3.34. The van der Waals surface area contributed by atoms with E-state index in [1.165, 1.54) is 12.1 Å². The molecule has 2 aromatic heterocycles. The molecule has 3 aromatic rings. The first-order valence-corrected chi connectivity index (χ1v) is 7.91. The van der Waals surface area contributed by atoms with E-state index in [0.29, 0.717) is 17.1 Å². The Kier molecular flexibility index (Phi) is 4.08. The van der Waals surface area contributed by atoms with Crippen LogP contribution in [0.4, 0.5) is 4.39 Å². The van der Waals surface area contributed by atoms with E-state index in [2.05, 4.69) is 9.69 Å². The molecule has 3 nitrogen and oxygen atoms in total. The Morgan fingerprint density at radius 1 is 1.24 bits per heavy atom. The molecule has 3 rings (SSSR count). The minimum atomic E-state index is -0.289. The number of hydrogen-bond acceptors (Lipinski definition) is 4. The lowest BCUT2D eigenvalue weighted by molar-refractivity contribution is 0.0955. The Balaban J connectivity index is 1.69. The van der Waals surface area contributed by atoms with Crippen LogP contribution >= 0.6 is 22.9 Å². The third-order valence-corrected chi connectivity index (χ3v) is 4.54. The lowest BCUT2D eigenvalue weighted by Crippen LogP contribution is -2.21. The summed E-state index contributed by atoms with van der Waals surface area (Å²) in [5.74, 6) is -0.433. The SMILES string of the molecule is O=C(NCc1cccs1)c1cc(-c2ccc(F)cc2)ns1. The number of halogens is 1. The van der Waals surface area contributed by atoms with Gasteiger partial charge in [-0.05, 0) is 53.3 Å². The number of nitrogens with one attached hydrogen (secondary N) is 1. The third-order valence-electron chi connectivity index (χ3n) is 2.88. The summed E-state index contributed by atoms with van der Waals surface area (Å²) in [6.07, 6.45) is 0. The van der Waals surface area contributed by atoms with Crippen molar-refractivity contribution in [2.75, 3.05) is 0 Å². The fourth-order valence-corrected chi connectivity index (χ4v) is 3.13. The molecule has 21 heavy (non-hydrogen) atoms. The monoisotopic (exact) mass is 318 g/mol. The summed E-state index contributed by atoms with van der Waals surface area (Å²) in [5, 5.41) is 4.83. The number of aromatic nitrogens is 1. The lowest BCUT2D eigenvalue weighted by Gasteiger charge is -2.00. The van der Waals surface area contributed by atoms with E-state index in [1.807, 2.05) is 17.5 Å². The van der Waals surface area contributed by atoms with Gasteiger partial charge in [-0.25, -0.2) is 4.39 Å². The fourth-order valence-electron chi connectivity index (χ4n) is 1.81. The number of carbonyl (C=O) groups excluding carboxylic acids is 1. The largest absolute Gasteiger partial charge is 0.346 e. The standard InChI is InChI=1S/C15H11FN2OS2/c16-11-5-3-10(4-6-11)13-8-14(21-18-13)15(19)17-9-12-2-1-7-20-12/h1-8H,9H2,(H,17,19). The number of thiophene rings is 1. The molecule has 0 bridgehead atoms. The van der Waals surface area contributed by atoms with Crippen LogP contribution in [0, 0.1) is 5.82 Å². The van der Waals surface area contributed by atoms with Crippen molar-refractivity contribution in [3.8, 4) is 11.3 Å². The first kappa shape index (κ1) is 13.9. The molecular weight excluding hydrogens is 307 g/mol. The van der Waals surface area contributed by atoms with Crippen LogP contribution in [0.2, 0.25) is 0 Å². The van der Waals surface area contributed by atoms with Crippen LogP contribution in [0.15, 0.2) is 47.8 Å². The molecule has 0 unspecified atom stereocenters. The molecule has 0 fully saturated rings. The highest BCUT2D eigenvalue weighted by Crippen LogP contribution is 2.22. The van der Waals surface area contributed by atoms with Gasteiger partial charge >= 0.3 is 0 Å². The Labute approximate surface area is 129 Å². The zero-order valence-corrected chi connectivity index (χ0v) is 12.5. The van der Waals surface area contributed by atoms with Crippen LogP contribution in [0.25, 0.3) is 11.3 Å². The summed E-state index contributed by atoms with van der Waals surface area (Å²) in [6, 6.07) is 11.7. The van der Waals surface area contributed by atoms with Crippen LogP contribution in [0.5, 0.6) is 0 Å². The molecule has 0 atom stereocenters. The van der Waals surface area contributed by atoms with Crippen molar-refractivity contribution in [1.29, 1.82) is 0 Å². The van der Waals surface area contributed by atoms with Crippen molar-refractivity contribution in [3.63, 3.8) is 0 Å². The predicted octanol–water partition coefficient (Wildman–Crippen LogP) is 3.94. The maximum atomic E-state index is 12.9. The van der Waals surface area contributed by atoms with E-state index < -0.39 is 0 Å². The van der Waals surface area contributed by atoms with E-state index in [4.69, 9.17) is 0 Å². The minimum Gasteiger partial charge on any atom is -0.346 e. The van der Waals surface area contributed by atoms with E-state index in [1.54, 1.807) is 29.5 Å². The van der Waals surface area contributed by atoms with Gasteiger partial charge in [-0.1, -0.05) is 6.07 Å². The topological polar surface area (TPSA) is 42.0 Å². The van der Waals surface area contributed by atoms with E-state index in [0.717, 1.165) is 22.0 Å². The second-order valence-corrected chi connectivity index (χ2v) is 6.18. The highest BCUT2D eigenvalue weighted by atomic mass is 32.1. The van der Waals surface area contributed by atoms with Crippen LogP contribution in [-0.2, 0) is 6.54 Å². The summed E-state index contributed by atoms with van der Waals surface area (Å²) in [6.45, 7) is 0.514. The molecule has 2 heterocycles. The molecule has 0 radical (unpaired) electrons. The Morgan fingerprint density at radius 2 is 2.05 bits per heavy atom. The summed E-state index contributed by atoms with van der Waals surface area (Å²) in [4.78, 5) is 13.7. The number of rotatable bonds is 4. The average Bonchev–Trinajstić information content (AvgIpc) is 3.17. The molecule has 0 aliphatic heterocycles. The van der Waals surface area contributed by atoms with Crippen molar-refractivity contribution >= 4 is 28.8 Å². The van der Waals surface area contributed by atoms with E-state index in [9.17, 15) is 9.18 Å². The molecule has 0 aliphatic carbocycles. The highest BCUT2D eigenvalue weighted by Gasteiger charge is 2.11. The van der Waals surface area contributed by atoms with Crippen LogP contribution < -0.4 is 5.32 Å². The van der Waals surface area contributed by atoms with Gasteiger partial charge in [0.25, 0.3) is 5.91 Å². The molecular formula is C15H11FN2OS2. The quantitative estimate of drug-likeness (QED) is 0.791. The molecule has 0 spiro atoms. The maximum Gasteiger partial charge on any atom is 0.263 e. The maximum absolute atomic E-state index is 12.9. The fraction of sp³-hybridized carbons (Fsp3) is 0.0667. The van der Waals surface area contributed by atoms with Gasteiger partial charge in [0.05, 0.1) is 12.2 Å². The predicted molar refractivity (Wildman–Crippen MR) is 83.0 cm³/mol. The van der Waals surface area contributed by atoms with Crippen molar-refractivity contribution < 1.29 is 9.18 Å². The van der Waals surface area contributed by atoms with Gasteiger partial charge < -0.3 is 5.32 Å². The number of nitrogens with zero attached hydrogens (tertiary/aromatic N) is 1. The number of benzene rings is 1. The van der Waals surface area contributed by atoms with Crippen molar-refractivity contribution in [1.82, 2.24) is 9.69 Å². The first-order chi connectivity index (χ1) is 10.2. The second kappa shape index (κ2) is 6.15. The average molecular weight is 318 g/mol. The summed E-state index contributed by atoms with van der Waals surface area (Å²) in [7, 11) is 0. The number of amides is 1. The smallest absolute Gasteiger partial charge is 0.263 e. The molecule has 0 aliphatic rings. The van der Waals surface area contributed by atoms with E-state index >= 15 is 0 Å². The Bertz CT molecular complexity index is 735. The molecule has 1 N–H and O–H groups in total. The second-order valence-electron chi connectivity index (χ2n) is 4.35. The molecule has 106 valence electrons. The van der Waals surface area contributed by atoms with Gasteiger partial charge in [0.2, 0.25) is 0 Å². The molecule has 1 amide bonds. The van der Waals surface area contributed by atoms with Gasteiger partial charge in [0.1, 0.15) is 10.7 Å². The Hall–Kier alpha value is -2.05. The van der Waals surface area contributed by atoms with Crippen molar-refractivity contribution in [3.05, 3.63) is 63.4 Å². The van der Waals surface area contributed by atoms with Gasteiger partial charge in [-0.15, -0.1) is 11.3 Å². The summed E-state index contributed by atoms with van der Waals surface area (Å²) >= 11 is 2.74. The lowest BCUT2D eigenvalue weighted by atomic mass is 10.1. The normalized spacial score (nSPS) is 10.5. The number of carbonyl (C=O) groups is 1. The van der Waals surface area contributed by atoms with Crippen LogP contribution in [-0.4, -0.2) is 10.3 Å². The van der Waals surface area contributed by atoms with Gasteiger partial charge in [0.15, 0.2) is 0 Å². The Morgan fingerprint density at radius 3 is 2.76 bits per heavy atom. The molecule has 6 heteroatoms. The molecule has 0 saturated heterocycles. The zero-order chi connectivity index (χ0) is 14.7. The van der Waals surface area contributed by atoms with Crippen LogP contribution in [0.1, 0.15) is 14.5 Å². The molecule has 0 saturated carbocycles. The number of hydrogen-bond donors (Lipinski definition) is 1. The minimum absolute atomic E-state index is 0.144. The van der Waals surface area contributed by atoms with Crippen LogP contribution in [0.3, 0.4) is 0 Å². The van der Waals surface area contributed by atoms with Gasteiger partial charge in [-0.2, -0.15) is 4.37 Å².